The summed E-state index contributed by atoms with van der Waals surface area (Å²) < 4.78 is 33.0. The third-order valence-electron chi connectivity index (χ3n) is 7.08. The summed E-state index contributed by atoms with van der Waals surface area (Å²) in [6, 6.07) is 11.3. The van der Waals surface area contributed by atoms with Crippen molar-refractivity contribution in [2.45, 2.75) is 38.0 Å². The fraction of sp³-hybridized carbons (Fsp3) is 0.423. The molecule has 2 saturated heterocycles. The molecular formula is C26H32N4O6S. The Balaban J connectivity index is 1.44. The minimum absolute atomic E-state index is 0.132. The van der Waals surface area contributed by atoms with Crippen molar-refractivity contribution in [3.63, 3.8) is 0 Å². The highest BCUT2D eigenvalue weighted by atomic mass is 32.2. The zero-order valence-corrected chi connectivity index (χ0v) is 22.1. The van der Waals surface area contributed by atoms with Crippen molar-refractivity contribution in [1.29, 1.82) is 0 Å². The van der Waals surface area contributed by atoms with Gasteiger partial charge in [0.15, 0.2) is 0 Å². The van der Waals surface area contributed by atoms with Crippen molar-refractivity contribution >= 4 is 39.1 Å². The van der Waals surface area contributed by atoms with E-state index in [1.54, 1.807) is 41.3 Å². The average molecular weight is 529 g/mol. The molecule has 4 rings (SSSR count). The van der Waals surface area contributed by atoms with Crippen molar-refractivity contribution in [2.75, 3.05) is 43.9 Å². The van der Waals surface area contributed by atoms with Crippen LogP contribution in [0.15, 0.2) is 47.4 Å². The monoisotopic (exact) mass is 528 g/mol. The van der Waals surface area contributed by atoms with Gasteiger partial charge in [0, 0.05) is 51.7 Å². The Labute approximate surface area is 217 Å². The molecule has 1 spiro atoms. The number of piperidine rings is 1. The number of ether oxygens (including phenoxy) is 1. The summed E-state index contributed by atoms with van der Waals surface area (Å²) >= 11 is 0. The number of sulfonamides is 1. The van der Waals surface area contributed by atoms with E-state index in [2.05, 4.69) is 10.6 Å². The first-order valence-corrected chi connectivity index (χ1v) is 13.6. The number of hydrogen-bond donors (Lipinski definition) is 2. The van der Waals surface area contributed by atoms with E-state index in [1.807, 2.05) is 0 Å². The molecule has 0 radical (unpaired) electrons. The second kappa shape index (κ2) is 10.5. The van der Waals surface area contributed by atoms with Crippen LogP contribution in [-0.2, 0) is 19.6 Å². The maximum absolute atomic E-state index is 13.3. The van der Waals surface area contributed by atoms with Gasteiger partial charge >= 0.3 is 0 Å². The number of carbonyl (C=O) groups is 3. The van der Waals surface area contributed by atoms with Gasteiger partial charge < -0.3 is 20.3 Å². The van der Waals surface area contributed by atoms with Crippen LogP contribution in [0.2, 0.25) is 0 Å². The third-order valence-corrected chi connectivity index (χ3v) is 8.97. The Kier molecular flexibility index (Phi) is 7.56. The topological polar surface area (TPSA) is 125 Å². The van der Waals surface area contributed by atoms with Crippen LogP contribution in [0.4, 0.5) is 11.4 Å². The average Bonchev–Trinajstić information content (AvgIpc) is 3.27. The molecule has 37 heavy (non-hydrogen) atoms. The number of likely N-dealkylation sites (tertiary alicyclic amines) is 1. The van der Waals surface area contributed by atoms with Crippen molar-refractivity contribution < 1.29 is 27.5 Å². The van der Waals surface area contributed by atoms with E-state index < -0.39 is 10.0 Å². The second-order valence-electron chi connectivity index (χ2n) is 9.68. The van der Waals surface area contributed by atoms with Crippen LogP contribution in [-0.4, -0.2) is 68.6 Å². The third kappa shape index (κ3) is 5.78. The molecule has 0 aromatic heterocycles. The minimum Gasteiger partial charge on any atom is -0.497 e. The van der Waals surface area contributed by atoms with Gasteiger partial charge in [0.05, 0.1) is 23.4 Å². The number of carbonyl (C=O) groups excluding carboxylic acids is 3. The zero-order chi connectivity index (χ0) is 26.8. The lowest BCUT2D eigenvalue weighted by Crippen LogP contribution is -2.44. The van der Waals surface area contributed by atoms with E-state index >= 15 is 0 Å². The summed E-state index contributed by atoms with van der Waals surface area (Å²) in [5.74, 6) is -0.269. The van der Waals surface area contributed by atoms with Crippen molar-refractivity contribution in [3.8, 4) is 5.75 Å². The lowest BCUT2D eigenvalue weighted by molar-refractivity contribution is -0.115. The summed E-state index contributed by atoms with van der Waals surface area (Å²) in [4.78, 5) is 38.5. The summed E-state index contributed by atoms with van der Waals surface area (Å²) in [5, 5.41) is 5.32. The van der Waals surface area contributed by atoms with Gasteiger partial charge in [0.2, 0.25) is 21.8 Å². The molecule has 2 heterocycles. The van der Waals surface area contributed by atoms with E-state index in [0.717, 1.165) is 6.42 Å². The molecular weight excluding hydrogens is 496 g/mol. The number of amides is 3. The van der Waals surface area contributed by atoms with E-state index in [0.29, 0.717) is 61.7 Å². The van der Waals surface area contributed by atoms with Crippen LogP contribution in [0.3, 0.4) is 0 Å². The van der Waals surface area contributed by atoms with E-state index in [9.17, 15) is 22.8 Å². The van der Waals surface area contributed by atoms with Crippen LogP contribution >= 0.6 is 0 Å². The minimum atomic E-state index is -3.63. The van der Waals surface area contributed by atoms with Gasteiger partial charge in [-0.25, -0.2) is 8.42 Å². The van der Waals surface area contributed by atoms with Gasteiger partial charge in [0.25, 0.3) is 5.91 Å². The standard InChI is InChI=1S/C26H32N4O6S/c1-18(31)27-23-8-7-20(15-24(23)28-19(2)32)25(33)29-12-9-26(17-29)10-13-30(14-11-26)37(34,35)22-6-4-5-21(16-22)36-3/h4-8,15-16H,9-14,17H2,1-3H3,(H,27,31)(H,28,32). The van der Waals surface area contributed by atoms with E-state index in [4.69, 9.17) is 4.74 Å². The van der Waals surface area contributed by atoms with Crippen LogP contribution < -0.4 is 15.4 Å². The number of methoxy groups -OCH3 is 1. The number of nitrogens with zero attached hydrogens (tertiary/aromatic N) is 2. The van der Waals surface area contributed by atoms with Gasteiger partial charge in [-0.2, -0.15) is 4.31 Å². The molecule has 2 aliphatic heterocycles. The maximum Gasteiger partial charge on any atom is 0.253 e. The molecule has 0 aliphatic carbocycles. The van der Waals surface area contributed by atoms with E-state index in [1.165, 1.54) is 31.3 Å². The molecule has 198 valence electrons. The quantitative estimate of drug-likeness (QED) is 0.594. The predicted octanol–water partition coefficient (Wildman–Crippen LogP) is 2.93. The molecule has 3 amide bonds. The first-order chi connectivity index (χ1) is 17.5. The van der Waals surface area contributed by atoms with Gasteiger partial charge in [-0.1, -0.05) is 6.07 Å². The van der Waals surface area contributed by atoms with Crippen LogP contribution in [0, 0.1) is 5.41 Å². The highest BCUT2D eigenvalue weighted by Crippen LogP contribution is 2.42. The summed E-state index contributed by atoms with van der Waals surface area (Å²) in [5.41, 5.74) is 1.06. The molecule has 10 nitrogen and oxygen atoms in total. The lowest BCUT2D eigenvalue weighted by Gasteiger charge is -2.38. The molecule has 0 atom stereocenters. The molecule has 0 unspecified atom stereocenters. The predicted molar refractivity (Wildman–Crippen MR) is 139 cm³/mol. The normalized spacial score (nSPS) is 17.4. The Morgan fingerprint density at radius 2 is 1.54 bits per heavy atom. The number of anilines is 2. The molecule has 0 saturated carbocycles. The van der Waals surface area contributed by atoms with Gasteiger partial charge in [-0.15, -0.1) is 0 Å². The molecule has 0 bridgehead atoms. The SMILES string of the molecule is COc1cccc(S(=O)(=O)N2CCC3(CCN(C(=O)c4ccc(NC(C)=O)c(NC(C)=O)c4)C3)CC2)c1. The molecule has 11 heteroatoms. The number of rotatable bonds is 6. The largest absolute Gasteiger partial charge is 0.497 e. The van der Waals surface area contributed by atoms with Crippen molar-refractivity contribution in [3.05, 3.63) is 48.0 Å². The first kappa shape index (κ1) is 26.6. The molecule has 2 aromatic rings. The molecule has 2 aromatic carbocycles. The Hall–Kier alpha value is -3.44. The van der Waals surface area contributed by atoms with Crippen LogP contribution in [0.5, 0.6) is 5.75 Å². The number of hydrogen-bond acceptors (Lipinski definition) is 6. The summed E-state index contributed by atoms with van der Waals surface area (Å²) in [6.45, 7) is 4.62. The van der Waals surface area contributed by atoms with Crippen molar-refractivity contribution in [1.82, 2.24) is 9.21 Å². The summed E-state index contributed by atoms with van der Waals surface area (Å²) in [6.07, 6.45) is 2.13. The molecule has 2 aliphatic rings. The Morgan fingerprint density at radius 1 is 0.892 bits per heavy atom. The Bertz CT molecular complexity index is 1320. The molecule has 2 fully saturated rings. The zero-order valence-electron chi connectivity index (χ0n) is 21.2. The Morgan fingerprint density at radius 3 is 2.19 bits per heavy atom. The fourth-order valence-electron chi connectivity index (χ4n) is 5.08. The molecule has 2 N–H and O–H groups in total. The first-order valence-electron chi connectivity index (χ1n) is 12.2. The van der Waals surface area contributed by atoms with Gasteiger partial charge in [-0.05, 0) is 55.0 Å². The lowest BCUT2D eigenvalue weighted by atomic mass is 9.78. The van der Waals surface area contributed by atoms with Crippen LogP contribution in [0.1, 0.15) is 43.5 Å². The van der Waals surface area contributed by atoms with E-state index in [-0.39, 0.29) is 28.0 Å². The van der Waals surface area contributed by atoms with Gasteiger partial charge in [-0.3, -0.25) is 14.4 Å². The highest BCUT2D eigenvalue weighted by molar-refractivity contribution is 7.89. The number of nitrogens with one attached hydrogen (secondary N) is 2. The highest BCUT2D eigenvalue weighted by Gasteiger charge is 2.44. The second-order valence-corrected chi connectivity index (χ2v) is 11.6. The van der Waals surface area contributed by atoms with Crippen molar-refractivity contribution in [2.24, 2.45) is 5.41 Å². The van der Waals surface area contributed by atoms with Crippen LogP contribution in [0.25, 0.3) is 0 Å². The van der Waals surface area contributed by atoms with Gasteiger partial charge in [0.1, 0.15) is 5.75 Å². The summed E-state index contributed by atoms with van der Waals surface area (Å²) in [7, 11) is -2.13. The maximum atomic E-state index is 13.3. The number of benzene rings is 2. The smallest absolute Gasteiger partial charge is 0.253 e. The fourth-order valence-corrected chi connectivity index (χ4v) is 6.56.